The summed E-state index contributed by atoms with van der Waals surface area (Å²) in [6.07, 6.45) is 5.78. The monoisotopic (exact) mass is 209 g/mol. The molecule has 4 heteroatoms. The number of epoxide rings is 1. The van der Waals surface area contributed by atoms with Crippen LogP contribution in [0.25, 0.3) is 0 Å². The van der Waals surface area contributed by atoms with E-state index in [9.17, 15) is 9.70 Å². The lowest BCUT2D eigenvalue weighted by Gasteiger charge is -2.11. The van der Waals surface area contributed by atoms with Gasteiger partial charge in [-0.3, -0.25) is 4.79 Å². The topological polar surface area (TPSA) is 59.0 Å². The second kappa shape index (κ2) is 3.85. The van der Waals surface area contributed by atoms with Crippen LogP contribution in [-0.4, -0.2) is 24.0 Å². The molecule has 2 atom stereocenters. The molecule has 0 N–H and O–H groups in total. The number of rotatable bonds is 5. The van der Waals surface area contributed by atoms with Gasteiger partial charge in [0.25, 0.3) is 0 Å². The van der Waals surface area contributed by atoms with E-state index in [0.717, 1.165) is 19.3 Å². The van der Waals surface area contributed by atoms with Crippen LogP contribution in [0, 0.1) is 4.91 Å². The first-order valence-electron chi connectivity index (χ1n) is 5.34. The van der Waals surface area contributed by atoms with E-state index in [4.69, 9.17) is 4.74 Å². The number of ketones is 1. The molecular formula is C11H15NO3. The van der Waals surface area contributed by atoms with Crippen LogP contribution in [0.1, 0.15) is 32.6 Å². The fourth-order valence-electron chi connectivity index (χ4n) is 1.95. The van der Waals surface area contributed by atoms with Crippen molar-refractivity contribution in [3.63, 3.8) is 0 Å². The second-order valence-corrected chi connectivity index (χ2v) is 4.46. The second-order valence-electron chi connectivity index (χ2n) is 4.46. The summed E-state index contributed by atoms with van der Waals surface area (Å²) in [4.78, 5) is 22.5. The Morgan fingerprint density at radius 1 is 1.73 bits per heavy atom. The van der Waals surface area contributed by atoms with Crippen LogP contribution in [0.3, 0.4) is 0 Å². The van der Waals surface area contributed by atoms with Crippen molar-refractivity contribution in [1.82, 2.24) is 0 Å². The third-order valence-electron chi connectivity index (χ3n) is 3.12. The van der Waals surface area contributed by atoms with Crippen molar-refractivity contribution < 1.29 is 9.53 Å². The lowest BCUT2D eigenvalue weighted by atomic mass is 9.95. The first-order valence-corrected chi connectivity index (χ1v) is 5.34. The number of nitroso groups, excluding NO2 is 1. The molecule has 1 aliphatic carbocycles. The molecule has 0 aromatic carbocycles. The van der Waals surface area contributed by atoms with Gasteiger partial charge in [-0.1, -0.05) is 16.8 Å². The van der Waals surface area contributed by atoms with E-state index in [1.54, 1.807) is 6.92 Å². The highest BCUT2D eigenvalue weighted by atomic mass is 16.6. The predicted octanol–water partition coefficient (Wildman–Crippen LogP) is 1.98. The minimum absolute atomic E-state index is 0.162. The maximum Gasteiger partial charge on any atom is 0.195 e. The zero-order valence-electron chi connectivity index (χ0n) is 8.86. The van der Waals surface area contributed by atoms with Gasteiger partial charge in [0.1, 0.15) is 5.60 Å². The van der Waals surface area contributed by atoms with E-state index in [-0.39, 0.29) is 5.78 Å². The van der Waals surface area contributed by atoms with Crippen molar-refractivity contribution in [2.45, 2.75) is 44.2 Å². The van der Waals surface area contributed by atoms with Crippen LogP contribution in [0.5, 0.6) is 0 Å². The van der Waals surface area contributed by atoms with Crippen LogP contribution < -0.4 is 0 Å². The summed E-state index contributed by atoms with van der Waals surface area (Å²) in [6, 6.07) is -0.748. The van der Waals surface area contributed by atoms with Crippen LogP contribution in [0.15, 0.2) is 16.8 Å². The van der Waals surface area contributed by atoms with Crippen LogP contribution in [0.2, 0.25) is 0 Å². The standard InChI is InChI=1S/C11H15NO3/c1-11(7-15-11)10(13)9(12-14)6-8-4-2-3-5-8/h4,9H,2-3,5-7H2,1H3/t9-,11+/m0/s1. The molecular weight excluding hydrogens is 194 g/mol. The zero-order valence-corrected chi connectivity index (χ0v) is 8.86. The van der Waals surface area contributed by atoms with Crippen molar-refractivity contribution in [3.05, 3.63) is 16.6 Å². The van der Waals surface area contributed by atoms with Crippen molar-refractivity contribution in [1.29, 1.82) is 0 Å². The molecule has 2 aliphatic rings. The van der Waals surface area contributed by atoms with E-state index in [0.29, 0.717) is 13.0 Å². The molecule has 0 aromatic heterocycles. The zero-order chi connectivity index (χ0) is 10.9. The highest BCUT2D eigenvalue weighted by molar-refractivity contribution is 5.94. The van der Waals surface area contributed by atoms with Gasteiger partial charge in [-0.25, -0.2) is 0 Å². The average Bonchev–Trinajstić information content (AvgIpc) is 2.80. The Hall–Kier alpha value is -1.03. The van der Waals surface area contributed by atoms with Gasteiger partial charge < -0.3 is 4.74 Å². The van der Waals surface area contributed by atoms with Crippen LogP contribution >= 0.6 is 0 Å². The molecule has 0 aromatic rings. The maximum atomic E-state index is 11.8. The summed E-state index contributed by atoms with van der Waals surface area (Å²) in [5, 5.41) is 2.94. The summed E-state index contributed by atoms with van der Waals surface area (Å²) < 4.78 is 5.04. The molecule has 82 valence electrons. The van der Waals surface area contributed by atoms with E-state index in [1.165, 1.54) is 5.57 Å². The Morgan fingerprint density at radius 3 is 2.93 bits per heavy atom. The molecule has 0 spiro atoms. The molecule has 0 radical (unpaired) electrons. The summed E-state index contributed by atoms with van der Waals surface area (Å²) in [5.41, 5.74) is 0.467. The number of carbonyl (C=O) groups is 1. The van der Waals surface area contributed by atoms with Gasteiger partial charge in [0.05, 0.1) is 6.61 Å². The average molecular weight is 209 g/mol. The summed E-state index contributed by atoms with van der Waals surface area (Å²) in [6.45, 7) is 2.15. The maximum absolute atomic E-state index is 11.8. The van der Waals surface area contributed by atoms with Crippen LogP contribution in [-0.2, 0) is 9.53 Å². The van der Waals surface area contributed by atoms with Crippen molar-refractivity contribution in [3.8, 4) is 0 Å². The molecule has 0 bridgehead atoms. The van der Waals surface area contributed by atoms with Crippen molar-refractivity contribution >= 4 is 5.78 Å². The van der Waals surface area contributed by atoms with Gasteiger partial charge >= 0.3 is 0 Å². The summed E-state index contributed by atoms with van der Waals surface area (Å²) >= 11 is 0. The number of nitrogens with zero attached hydrogens (tertiary/aromatic N) is 1. The lowest BCUT2D eigenvalue weighted by molar-refractivity contribution is -0.124. The van der Waals surface area contributed by atoms with Gasteiger partial charge in [-0.15, -0.1) is 0 Å². The van der Waals surface area contributed by atoms with Gasteiger partial charge in [0.2, 0.25) is 0 Å². The van der Waals surface area contributed by atoms with E-state index >= 15 is 0 Å². The van der Waals surface area contributed by atoms with Gasteiger partial charge in [-0.2, -0.15) is 4.91 Å². The molecule has 1 heterocycles. The first kappa shape index (κ1) is 10.5. The molecule has 0 saturated carbocycles. The number of allylic oxidation sites excluding steroid dienone is 1. The molecule has 0 amide bonds. The van der Waals surface area contributed by atoms with E-state index in [2.05, 4.69) is 11.3 Å². The van der Waals surface area contributed by atoms with Gasteiger partial charge in [-0.05, 0) is 26.2 Å². The fourth-order valence-corrected chi connectivity index (χ4v) is 1.95. The number of Topliss-reactive ketones (excluding diaryl/α,β-unsaturated/α-hetero) is 1. The number of hydrogen-bond donors (Lipinski definition) is 0. The number of ether oxygens (including phenoxy) is 1. The van der Waals surface area contributed by atoms with E-state index in [1.807, 2.05) is 0 Å². The summed E-state index contributed by atoms with van der Waals surface area (Å²) in [7, 11) is 0. The largest absolute Gasteiger partial charge is 0.361 e. The Labute approximate surface area is 88.7 Å². The number of carbonyl (C=O) groups excluding carboxylic acids is 1. The molecule has 1 fully saturated rings. The van der Waals surface area contributed by atoms with Crippen molar-refractivity contribution in [2.24, 2.45) is 5.18 Å². The van der Waals surface area contributed by atoms with Crippen molar-refractivity contribution in [2.75, 3.05) is 6.61 Å². The number of hydrogen-bond acceptors (Lipinski definition) is 4. The van der Waals surface area contributed by atoms with Crippen LogP contribution in [0.4, 0.5) is 0 Å². The third-order valence-corrected chi connectivity index (χ3v) is 3.12. The minimum atomic E-state index is -0.748. The Bertz CT molecular complexity index is 318. The molecule has 0 unspecified atom stereocenters. The molecule has 4 nitrogen and oxygen atoms in total. The highest BCUT2D eigenvalue weighted by Crippen LogP contribution is 2.32. The normalized spacial score (nSPS) is 30.9. The predicted molar refractivity (Wildman–Crippen MR) is 55.5 cm³/mol. The molecule has 1 aliphatic heterocycles. The summed E-state index contributed by atoms with van der Waals surface area (Å²) in [5.74, 6) is -0.162. The Kier molecular flexibility index (Phi) is 2.69. The Morgan fingerprint density at radius 2 is 2.47 bits per heavy atom. The lowest BCUT2D eigenvalue weighted by Crippen LogP contribution is -2.31. The van der Waals surface area contributed by atoms with Gasteiger partial charge in [0.15, 0.2) is 11.8 Å². The highest BCUT2D eigenvalue weighted by Gasteiger charge is 2.50. The fraction of sp³-hybridized carbons (Fsp3) is 0.727. The molecule has 2 rings (SSSR count). The minimum Gasteiger partial charge on any atom is -0.361 e. The third kappa shape index (κ3) is 2.15. The quantitative estimate of drug-likeness (QED) is 0.395. The SMILES string of the molecule is C[C@]1(C(=O)[C@H](CC2=CCCC2)N=O)CO1. The Balaban J connectivity index is 1.97. The first-order chi connectivity index (χ1) is 7.15. The van der Waals surface area contributed by atoms with E-state index < -0.39 is 11.6 Å². The molecule has 15 heavy (non-hydrogen) atoms. The smallest absolute Gasteiger partial charge is 0.195 e. The van der Waals surface area contributed by atoms with Gasteiger partial charge in [0, 0.05) is 6.42 Å². The molecule has 1 saturated heterocycles.